The second-order valence-electron chi connectivity index (χ2n) is 4.64. The van der Waals surface area contributed by atoms with E-state index in [1.165, 1.54) is 6.07 Å². The summed E-state index contributed by atoms with van der Waals surface area (Å²) in [7, 11) is 0. The van der Waals surface area contributed by atoms with Crippen molar-refractivity contribution in [2.45, 2.75) is 20.0 Å². The summed E-state index contributed by atoms with van der Waals surface area (Å²) < 4.78 is 30.8. The summed E-state index contributed by atoms with van der Waals surface area (Å²) in [6, 6.07) is 2.12. The molecule has 0 saturated carbocycles. The zero-order valence-electron chi connectivity index (χ0n) is 10.7. The molecule has 0 amide bonds. The van der Waals surface area contributed by atoms with Gasteiger partial charge in [0.15, 0.2) is 10.6 Å². The number of aromatic amines is 1. The van der Waals surface area contributed by atoms with E-state index >= 15 is 0 Å². The molecule has 0 aliphatic carbocycles. The highest BCUT2D eigenvalue weighted by Gasteiger charge is 2.11. The average Bonchev–Trinajstić information content (AvgIpc) is 2.91. The van der Waals surface area contributed by atoms with Crippen LogP contribution >= 0.6 is 12.2 Å². The lowest BCUT2D eigenvalue weighted by Crippen LogP contribution is -2.08. The Labute approximate surface area is 118 Å². The predicted molar refractivity (Wildman–Crippen MR) is 74.0 cm³/mol. The van der Waals surface area contributed by atoms with Gasteiger partial charge in [0.2, 0.25) is 0 Å². The summed E-state index contributed by atoms with van der Waals surface area (Å²) >= 11 is 5.17. The van der Waals surface area contributed by atoms with Gasteiger partial charge in [0.1, 0.15) is 11.3 Å². The second kappa shape index (κ2) is 4.82. The highest BCUT2D eigenvalue weighted by molar-refractivity contribution is 7.71. The van der Waals surface area contributed by atoms with Crippen molar-refractivity contribution < 1.29 is 8.78 Å². The standard InChI is InChI=1S/C13H12F2N4S/c1-8-6-16-18(7-8)2-3-19-11-5-9(14)4-10(15)12(11)17-13(19)20/h4-7H,2-3H2,1H3,(H,17,20). The lowest BCUT2D eigenvalue weighted by Gasteiger charge is -2.05. The minimum absolute atomic E-state index is 0.230. The SMILES string of the molecule is Cc1cnn(CCn2c(=S)[nH]c3c(F)cc(F)cc32)c1. The van der Waals surface area contributed by atoms with E-state index in [1.54, 1.807) is 15.4 Å². The molecule has 0 spiro atoms. The van der Waals surface area contributed by atoms with Crippen molar-refractivity contribution in [1.82, 2.24) is 19.3 Å². The van der Waals surface area contributed by atoms with Crippen molar-refractivity contribution in [3.8, 4) is 0 Å². The number of nitrogens with one attached hydrogen (secondary N) is 1. The molecule has 0 atom stereocenters. The topological polar surface area (TPSA) is 38.5 Å². The van der Waals surface area contributed by atoms with Crippen LogP contribution in [0.2, 0.25) is 0 Å². The maximum absolute atomic E-state index is 13.7. The number of hydrogen-bond donors (Lipinski definition) is 1. The molecule has 0 unspecified atom stereocenters. The summed E-state index contributed by atoms with van der Waals surface area (Å²) in [5, 5.41) is 4.17. The molecular weight excluding hydrogens is 282 g/mol. The number of aromatic nitrogens is 4. The van der Waals surface area contributed by atoms with E-state index in [4.69, 9.17) is 12.2 Å². The molecule has 2 aromatic heterocycles. The van der Waals surface area contributed by atoms with Gasteiger partial charge in [-0.05, 0) is 30.8 Å². The minimum atomic E-state index is -0.639. The zero-order chi connectivity index (χ0) is 14.3. The number of imidazole rings is 1. The Bertz CT molecular complexity index is 831. The van der Waals surface area contributed by atoms with Crippen molar-refractivity contribution in [2.24, 2.45) is 0 Å². The summed E-state index contributed by atoms with van der Waals surface area (Å²) in [5.74, 6) is -1.26. The van der Waals surface area contributed by atoms with Crippen LogP contribution in [-0.2, 0) is 13.1 Å². The van der Waals surface area contributed by atoms with Crippen molar-refractivity contribution in [3.63, 3.8) is 0 Å². The Morgan fingerprint density at radius 3 is 2.80 bits per heavy atom. The maximum atomic E-state index is 13.7. The van der Waals surface area contributed by atoms with Crippen LogP contribution in [0.1, 0.15) is 5.56 Å². The molecule has 3 aromatic rings. The molecule has 1 aromatic carbocycles. The van der Waals surface area contributed by atoms with Crippen molar-refractivity contribution in [3.05, 3.63) is 46.5 Å². The van der Waals surface area contributed by atoms with E-state index in [9.17, 15) is 8.78 Å². The number of aryl methyl sites for hydroxylation is 3. The fraction of sp³-hybridized carbons (Fsp3) is 0.231. The molecule has 0 aliphatic heterocycles. The molecule has 0 saturated heterocycles. The third-order valence-corrected chi connectivity index (χ3v) is 3.44. The van der Waals surface area contributed by atoms with Crippen LogP contribution in [0.15, 0.2) is 24.5 Å². The Balaban J connectivity index is 1.98. The van der Waals surface area contributed by atoms with Crippen LogP contribution in [0, 0.1) is 23.3 Å². The summed E-state index contributed by atoms with van der Waals surface area (Å²) in [5.41, 5.74) is 1.72. The normalized spacial score (nSPS) is 11.3. The van der Waals surface area contributed by atoms with E-state index in [0.29, 0.717) is 23.4 Å². The summed E-state index contributed by atoms with van der Waals surface area (Å²) in [4.78, 5) is 2.77. The molecule has 7 heteroatoms. The van der Waals surface area contributed by atoms with Crippen molar-refractivity contribution >= 4 is 23.3 Å². The number of rotatable bonds is 3. The van der Waals surface area contributed by atoms with Gasteiger partial charge in [-0.3, -0.25) is 4.68 Å². The number of hydrogen-bond acceptors (Lipinski definition) is 2. The highest BCUT2D eigenvalue weighted by atomic mass is 32.1. The molecule has 0 radical (unpaired) electrons. The number of H-pyrrole nitrogens is 1. The van der Waals surface area contributed by atoms with Crippen molar-refractivity contribution in [2.75, 3.05) is 0 Å². The number of halogens is 2. The van der Waals surface area contributed by atoms with Gasteiger partial charge >= 0.3 is 0 Å². The smallest absolute Gasteiger partial charge is 0.178 e. The van der Waals surface area contributed by atoms with E-state index in [1.807, 2.05) is 13.1 Å². The molecule has 1 N–H and O–H groups in total. The van der Waals surface area contributed by atoms with E-state index < -0.39 is 11.6 Å². The quantitative estimate of drug-likeness (QED) is 0.753. The first-order valence-electron chi connectivity index (χ1n) is 6.11. The summed E-state index contributed by atoms with van der Waals surface area (Å²) in [6.45, 7) is 3.02. The number of nitrogens with zero attached hydrogens (tertiary/aromatic N) is 3. The Hall–Kier alpha value is -2.02. The molecule has 20 heavy (non-hydrogen) atoms. The lowest BCUT2D eigenvalue weighted by molar-refractivity contribution is 0.536. The molecule has 0 bridgehead atoms. The fourth-order valence-electron chi connectivity index (χ4n) is 2.19. The van der Waals surface area contributed by atoms with Crippen molar-refractivity contribution in [1.29, 1.82) is 0 Å². The predicted octanol–water partition coefficient (Wildman–Crippen LogP) is 3.18. The van der Waals surface area contributed by atoms with Gasteiger partial charge in [0.05, 0.1) is 18.3 Å². The lowest BCUT2D eigenvalue weighted by atomic mass is 10.3. The molecule has 2 heterocycles. The monoisotopic (exact) mass is 294 g/mol. The summed E-state index contributed by atoms with van der Waals surface area (Å²) in [6.07, 6.45) is 3.66. The van der Waals surface area contributed by atoms with E-state index in [-0.39, 0.29) is 5.52 Å². The van der Waals surface area contributed by atoms with Crippen LogP contribution in [0.3, 0.4) is 0 Å². The molecule has 4 nitrogen and oxygen atoms in total. The third kappa shape index (κ3) is 2.24. The first-order chi connectivity index (χ1) is 9.54. The van der Waals surface area contributed by atoms with Crippen LogP contribution in [0.25, 0.3) is 11.0 Å². The van der Waals surface area contributed by atoms with Gasteiger partial charge in [-0.15, -0.1) is 0 Å². The van der Waals surface area contributed by atoms with Gasteiger partial charge in [-0.25, -0.2) is 8.78 Å². The minimum Gasteiger partial charge on any atom is -0.328 e. The number of fused-ring (bicyclic) bond motifs is 1. The Kier molecular flexibility index (Phi) is 3.13. The fourth-order valence-corrected chi connectivity index (χ4v) is 2.49. The van der Waals surface area contributed by atoms with E-state index in [2.05, 4.69) is 10.1 Å². The molecule has 104 valence electrons. The molecular formula is C13H12F2N4S. The van der Waals surface area contributed by atoms with Gasteiger partial charge in [-0.1, -0.05) is 0 Å². The first kappa shape index (κ1) is 13.0. The Morgan fingerprint density at radius 2 is 2.10 bits per heavy atom. The molecule has 0 aliphatic rings. The Morgan fingerprint density at radius 1 is 1.30 bits per heavy atom. The largest absolute Gasteiger partial charge is 0.328 e. The second-order valence-corrected chi connectivity index (χ2v) is 5.03. The van der Waals surface area contributed by atoms with Gasteiger partial charge in [-0.2, -0.15) is 5.10 Å². The van der Waals surface area contributed by atoms with Gasteiger partial charge in [0, 0.05) is 18.8 Å². The third-order valence-electron chi connectivity index (χ3n) is 3.12. The van der Waals surface area contributed by atoms with Gasteiger partial charge < -0.3 is 9.55 Å². The van der Waals surface area contributed by atoms with Crippen LogP contribution < -0.4 is 0 Å². The van der Waals surface area contributed by atoms with Crippen LogP contribution in [0.5, 0.6) is 0 Å². The van der Waals surface area contributed by atoms with E-state index in [0.717, 1.165) is 11.6 Å². The molecule has 3 rings (SSSR count). The first-order valence-corrected chi connectivity index (χ1v) is 6.52. The number of benzene rings is 1. The average molecular weight is 294 g/mol. The van der Waals surface area contributed by atoms with Crippen LogP contribution in [-0.4, -0.2) is 19.3 Å². The van der Waals surface area contributed by atoms with Crippen LogP contribution in [0.4, 0.5) is 8.78 Å². The zero-order valence-corrected chi connectivity index (χ0v) is 11.5. The van der Waals surface area contributed by atoms with Gasteiger partial charge in [0.25, 0.3) is 0 Å². The highest BCUT2D eigenvalue weighted by Crippen LogP contribution is 2.19. The maximum Gasteiger partial charge on any atom is 0.178 e. The molecule has 0 fully saturated rings.